The highest BCUT2D eigenvalue weighted by Gasteiger charge is 2.21. The molecule has 0 saturated carbocycles. The highest BCUT2D eigenvalue weighted by Crippen LogP contribution is 2.37. The van der Waals surface area contributed by atoms with Crippen LogP contribution in [-0.2, 0) is 17.6 Å². The summed E-state index contributed by atoms with van der Waals surface area (Å²) in [6.07, 6.45) is 5.29. The Balaban J connectivity index is 1.73. The number of hydrogen-bond donors (Lipinski definition) is 1. The number of carbonyl (C=O) groups is 1. The molecular formula is C19H19N5OS2. The third kappa shape index (κ3) is 4.29. The first kappa shape index (κ1) is 19.3. The Morgan fingerprint density at radius 2 is 1.89 bits per heavy atom. The molecule has 2 heterocycles. The monoisotopic (exact) mass is 397 g/mol. The van der Waals surface area contributed by atoms with E-state index in [0.717, 1.165) is 31.2 Å². The first-order valence-corrected chi connectivity index (χ1v) is 10.6. The molecule has 0 spiro atoms. The number of nitrogens with zero attached hydrogens (tertiary/aromatic N) is 4. The SMILES string of the molecule is Cc1nc(C)c(C#N)c(SCC(=O)Nc2sc3c(c2C#N)CCCCC3)n1. The number of hydrogen-bond acceptors (Lipinski definition) is 7. The highest BCUT2D eigenvalue weighted by atomic mass is 32.2. The molecule has 0 saturated heterocycles. The molecule has 0 aliphatic heterocycles. The van der Waals surface area contributed by atoms with Crippen LogP contribution in [0.25, 0.3) is 0 Å². The molecule has 0 unspecified atom stereocenters. The van der Waals surface area contributed by atoms with Crippen LogP contribution < -0.4 is 5.32 Å². The fourth-order valence-electron chi connectivity index (χ4n) is 3.16. The Labute approximate surface area is 166 Å². The number of aryl methyl sites for hydroxylation is 3. The maximum absolute atomic E-state index is 12.4. The molecule has 0 atom stereocenters. The number of aromatic nitrogens is 2. The van der Waals surface area contributed by atoms with Gasteiger partial charge in [0.15, 0.2) is 0 Å². The van der Waals surface area contributed by atoms with E-state index in [2.05, 4.69) is 27.4 Å². The molecule has 0 aromatic carbocycles. The van der Waals surface area contributed by atoms with Crippen LogP contribution in [0.4, 0.5) is 5.00 Å². The first-order chi connectivity index (χ1) is 13.0. The Morgan fingerprint density at radius 3 is 2.63 bits per heavy atom. The number of anilines is 1. The molecule has 2 aromatic rings. The largest absolute Gasteiger partial charge is 0.316 e. The lowest BCUT2D eigenvalue weighted by molar-refractivity contribution is -0.113. The second-order valence-electron chi connectivity index (χ2n) is 6.37. The van der Waals surface area contributed by atoms with Crippen molar-refractivity contribution >= 4 is 34.0 Å². The summed E-state index contributed by atoms with van der Waals surface area (Å²) >= 11 is 2.74. The normalized spacial score (nSPS) is 13.2. The molecule has 0 radical (unpaired) electrons. The Hall–Kier alpha value is -2.42. The lowest BCUT2D eigenvalue weighted by atomic mass is 10.1. The predicted octanol–water partition coefficient (Wildman–Crippen LogP) is 3.90. The molecule has 2 aromatic heterocycles. The van der Waals surface area contributed by atoms with E-state index in [1.54, 1.807) is 13.8 Å². The van der Waals surface area contributed by atoms with Crippen molar-refractivity contribution in [3.63, 3.8) is 0 Å². The summed E-state index contributed by atoms with van der Waals surface area (Å²) in [5.74, 6) is 0.492. The van der Waals surface area contributed by atoms with Crippen LogP contribution in [0.1, 0.15) is 52.3 Å². The summed E-state index contributed by atoms with van der Waals surface area (Å²) in [4.78, 5) is 22.1. The number of amides is 1. The number of carbonyl (C=O) groups excluding carboxylic acids is 1. The second kappa shape index (κ2) is 8.51. The summed E-state index contributed by atoms with van der Waals surface area (Å²) in [7, 11) is 0. The van der Waals surface area contributed by atoms with Crippen LogP contribution in [0.15, 0.2) is 5.03 Å². The van der Waals surface area contributed by atoms with E-state index in [-0.39, 0.29) is 11.7 Å². The van der Waals surface area contributed by atoms with Gasteiger partial charge >= 0.3 is 0 Å². The van der Waals surface area contributed by atoms with E-state index < -0.39 is 0 Å². The van der Waals surface area contributed by atoms with Crippen molar-refractivity contribution in [2.75, 3.05) is 11.1 Å². The van der Waals surface area contributed by atoms with Gasteiger partial charge in [0.25, 0.3) is 0 Å². The fraction of sp³-hybridized carbons (Fsp3) is 0.421. The molecular weight excluding hydrogens is 378 g/mol. The van der Waals surface area contributed by atoms with Gasteiger partial charge < -0.3 is 5.32 Å². The van der Waals surface area contributed by atoms with E-state index in [0.29, 0.717) is 32.7 Å². The average Bonchev–Trinajstić information content (AvgIpc) is 2.79. The van der Waals surface area contributed by atoms with Gasteiger partial charge in [-0.2, -0.15) is 10.5 Å². The van der Waals surface area contributed by atoms with Gasteiger partial charge in [-0.3, -0.25) is 4.79 Å². The van der Waals surface area contributed by atoms with Gasteiger partial charge in [-0.1, -0.05) is 18.2 Å². The third-order valence-corrected chi connectivity index (χ3v) is 6.59. The zero-order valence-electron chi connectivity index (χ0n) is 15.3. The molecule has 0 fully saturated rings. The summed E-state index contributed by atoms with van der Waals surface area (Å²) < 4.78 is 0. The van der Waals surface area contributed by atoms with Crippen molar-refractivity contribution in [1.29, 1.82) is 10.5 Å². The Kier molecular flexibility index (Phi) is 6.10. The quantitative estimate of drug-likeness (QED) is 0.477. The highest BCUT2D eigenvalue weighted by molar-refractivity contribution is 8.00. The van der Waals surface area contributed by atoms with Crippen molar-refractivity contribution < 1.29 is 4.79 Å². The summed E-state index contributed by atoms with van der Waals surface area (Å²) in [6.45, 7) is 3.52. The first-order valence-electron chi connectivity index (χ1n) is 8.76. The average molecular weight is 398 g/mol. The van der Waals surface area contributed by atoms with Crippen LogP contribution in [0.3, 0.4) is 0 Å². The zero-order valence-corrected chi connectivity index (χ0v) is 16.9. The summed E-state index contributed by atoms with van der Waals surface area (Å²) in [5.41, 5.74) is 2.74. The topological polar surface area (TPSA) is 102 Å². The van der Waals surface area contributed by atoms with E-state index in [9.17, 15) is 15.3 Å². The van der Waals surface area contributed by atoms with Crippen LogP contribution in [0, 0.1) is 36.5 Å². The second-order valence-corrected chi connectivity index (χ2v) is 8.43. The van der Waals surface area contributed by atoms with Gasteiger partial charge in [-0.15, -0.1) is 11.3 Å². The molecule has 6 nitrogen and oxygen atoms in total. The number of fused-ring (bicyclic) bond motifs is 1. The standard InChI is InChI=1S/C19H19N5OS2/c1-11-14(8-20)18(23-12(2)22-11)26-10-17(25)24-19-15(9-21)13-6-4-3-5-7-16(13)27-19/h3-7,10H2,1-2H3,(H,24,25). The predicted molar refractivity (Wildman–Crippen MR) is 106 cm³/mol. The maximum atomic E-state index is 12.4. The van der Waals surface area contributed by atoms with Crippen molar-refractivity contribution in [2.24, 2.45) is 0 Å². The molecule has 1 amide bonds. The molecule has 3 rings (SSSR count). The molecule has 8 heteroatoms. The minimum absolute atomic E-state index is 0.123. The van der Waals surface area contributed by atoms with Gasteiger partial charge in [0.2, 0.25) is 5.91 Å². The fourth-order valence-corrected chi connectivity index (χ4v) is 5.29. The van der Waals surface area contributed by atoms with Crippen molar-refractivity contribution in [3.05, 3.63) is 33.1 Å². The minimum Gasteiger partial charge on any atom is -0.316 e. The van der Waals surface area contributed by atoms with Gasteiger partial charge in [0.05, 0.1) is 17.0 Å². The molecule has 1 N–H and O–H groups in total. The third-order valence-electron chi connectivity index (χ3n) is 4.41. The maximum Gasteiger partial charge on any atom is 0.235 e. The minimum atomic E-state index is -0.203. The lowest BCUT2D eigenvalue weighted by Gasteiger charge is -2.07. The van der Waals surface area contributed by atoms with E-state index >= 15 is 0 Å². The van der Waals surface area contributed by atoms with Gasteiger partial charge in [-0.05, 0) is 45.1 Å². The van der Waals surface area contributed by atoms with E-state index in [1.807, 2.05) is 0 Å². The molecule has 27 heavy (non-hydrogen) atoms. The number of nitriles is 2. The summed E-state index contributed by atoms with van der Waals surface area (Å²) in [5, 5.41) is 22.9. The van der Waals surface area contributed by atoms with Crippen LogP contribution in [-0.4, -0.2) is 21.6 Å². The molecule has 0 bridgehead atoms. The Morgan fingerprint density at radius 1 is 1.15 bits per heavy atom. The van der Waals surface area contributed by atoms with E-state index in [4.69, 9.17) is 0 Å². The van der Waals surface area contributed by atoms with Gasteiger partial charge in [0.1, 0.15) is 33.6 Å². The number of thioether (sulfide) groups is 1. The van der Waals surface area contributed by atoms with Crippen LogP contribution in [0.5, 0.6) is 0 Å². The van der Waals surface area contributed by atoms with Gasteiger partial charge in [0, 0.05) is 4.88 Å². The zero-order chi connectivity index (χ0) is 19.4. The number of nitrogens with one attached hydrogen (secondary N) is 1. The molecule has 138 valence electrons. The summed E-state index contributed by atoms with van der Waals surface area (Å²) in [6, 6.07) is 4.37. The number of rotatable bonds is 4. The number of thiophene rings is 1. The molecule has 1 aliphatic carbocycles. The van der Waals surface area contributed by atoms with Crippen LogP contribution in [0.2, 0.25) is 0 Å². The Bertz CT molecular complexity index is 968. The lowest BCUT2D eigenvalue weighted by Crippen LogP contribution is -2.14. The smallest absolute Gasteiger partial charge is 0.235 e. The van der Waals surface area contributed by atoms with Crippen molar-refractivity contribution in [1.82, 2.24) is 9.97 Å². The van der Waals surface area contributed by atoms with Crippen molar-refractivity contribution in [2.45, 2.75) is 51.0 Å². The van der Waals surface area contributed by atoms with Crippen molar-refractivity contribution in [3.8, 4) is 12.1 Å². The molecule has 1 aliphatic rings. The van der Waals surface area contributed by atoms with Gasteiger partial charge in [-0.25, -0.2) is 9.97 Å². The van der Waals surface area contributed by atoms with E-state index in [1.165, 1.54) is 34.4 Å². The van der Waals surface area contributed by atoms with Crippen LogP contribution >= 0.6 is 23.1 Å².